The molecule has 0 N–H and O–H groups in total. The Morgan fingerprint density at radius 2 is 1.68 bits per heavy atom. The maximum absolute atomic E-state index is 13.1. The molecule has 1 aromatic heterocycles. The lowest BCUT2D eigenvalue weighted by atomic mass is 10.0. The number of aryl methyl sites for hydroxylation is 4. The SMILES string of the molecule is Cc1cc(C)n(Cc2cccc(C(=O)N3CCC(Oc4c(C)cccc4C)CC3)c2)n1. The molecular formula is C26H31N3O2. The van der Waals surface area contributed by atoms with Crippen LogP contribution in [0.15, 0.2) is 48.5 Å². The van der Waals surface area contributed by atoms with E-state index in [1.807, 2.05) is 34.7 Å². The summed E-state index contributed by atoms with van der Waals surface area (Å²) in [5.41, 5.74) is 6.30. The van der Waals surface area contributed by atoms with Gasteiger partial charge in [-0.05, 0) is 62.6 Å². The zero-order valence-electron chi connectivity index (χ0n) is 18.9. The summed E-state index contributed by atoms with van der Waals surface area (Å²) in [6.07, 6.45) is 1.86. The molecule has 0 aliphatic carbocycles. The van der Waals surface area contributed by atoms with Gasteiger partial charge in [-0.1, -0.05) is 30.3 Å². The van der Waals surface area contributed by atoms with E-state index >= 15 is 0 Å². The Morgan fingerprint density at radius 1 is 1.00 bits per heavy atom. The molecule has 0 radical (unpaired) electrons. The molecule has 2 heterocycles. The molecule has 2 aromatic carbocycles. The van der Waals surface area contributed by atoms with Gasteiger partial charge < -0.3 is 9.64 Å². The average Bonchev–Trinajstić information content (AvgIpc) is 3.07. The number of hydrogen-bond acceptors (Lipinski definition) is 3. The van der Waals surface area contributed by atoms with Crippen LogP contribution in [0, 0.1) is 27.7 Å². The summed E-state index contributed by atoms with van der Waals surface area (Å²) in [5, 5.41) is 4.53. The largest absolute Gasteiger partial charge is 0.490 e. The number of para-hydroxylation sites is 1. The predicted octanol–water partition coefficient (Wildman–Crippen LogP) is 4.85. The van der Waals surface area contributed by atoms with Crippen molar-refractivity contribution in [3.8, 4) is 5.75 Å². The van der Waals surface area contributed by atoms with Crippen LogP contribution in [0.4, 0.5) is 0 Å². The van der Waals surface area contributed by atoms with Crippen LogP contribution in [-0.4, -0.2) is 39.8 Å². The van der Waals surface area contributed by atoms with E-state index in [1.54, 1.807) is 0 Å². The Kier molecular flexibility index (Phi) is 6.12. The monoisotopic (exact) mass is 417 g/mol. The fourth-order valence-electron chi connectivity index (χ4n) is 4.32. The predicted molar refractivity (Wildman–Crippen MR) is 123 cm³/mol. The molecule has 31 heavy (non-hydrogen) atoms. The second-order valence-corrected chi connectivity index (χ2v) is 8.62. The number of benzene rings is 2. The zero-order chi connectivity index (χ0) is 22.0. The van der Waals surface area contributed by atoms with Gasteiger partial charge in [-0.2, -0.15) is 5.10 Å². The number of carbonyl (C=O) groups is 1. The minimum atomic E-state index is 0.0979. The van der Waals surface area contributed by atoms with Crippen LogP contribution >= 0.6 is 0 Å². The van der Waals surface area contributed by atoms with Crippen LogP contribution in [-0.2, 0) is 6.54 Å². The summed E-state index contributed by atoms with van der Waals surface area (Å²) in [6.45, 7) is 10.3. The molecule has 1 fully saturated rings. The van der Waals surface area contributed by atoms with E-state index in [9.17, 15) is 4.79 Å². The summed E-state index contributed by atoms with van der Waals surface area (Å²) in [6, 6.07) is 16.2. The Morgan fingerprint density at radius 3 is 2.32 bits per heavy atom. The minimum Gasteiger partial charge on any atom is -0.490 e. The van der Waals surface area contributed by atoms with Gasteiger partial charge in [-0.25, -0.2) is 0 Å². The molecule has 162 valence electrons. The molecule has 0 unspecified atom stereocenters. The highest BCUT2D eigenvalue weighted by molar-refractivity contribution is 5.94. The van der Waals surface area contributed by atoms with Crippen LogP contribution in [0.3, 0.4) is 0 Å². The topological polar surface area (TPSA) is 47.4 Å². The fraction of sp³-hybridized carbons (Fsp3) is 0.385. The number of rotatable bonds is 5. The first-order valence-corrected chi connectivity index (χ1v) is 11.0. The first kappa shape index (κ1) is 21.2. The Bertz CT molecular complexity index is 1060. The Hall–Kier alpha value is -3.08. The van der Waals surface area contributed by atoms with Gasteiger partial charge in [-0.3, -0.25) is 9.48 Å². The lowest BCUT2D eigenvalue weighted by Crippen LogP contribution is -2.41. The first-order valence-electron chi connectivity index (χ1n) is 11.0. The number of hydrogen-bond donors (Lipinski definition) is 0. The maximum Gasteiger partial charge on any atom is 0.253 e. The van der Waals surface area contributed by atoms with Gasteiger partial charge in [0.25, 0.3) is 5.91 Å². The van der Waals surface area contributed by atoms with E-state index in [0.29, 0.717) is 6.54 Å². The van der Waals surface area contributed by atoms with Crippen molar-refractivity contribution < 1.29 is 9.53 Å². The molecule has 1 aliphatic heterocycles. The van der Waals surface area contributed by atoms with Crippen molar-refractivity contribution in [2.24, 2.45) is 0 Å². The van der Waals surface area contributed by atoms with E-state index < -0.39 is 0 Å². The van der Waals surface area contributed by atoms with Crippen LogP contribution in [0.2, 0.25) is 0 Å². The van der Waals surface area contributed by atoms with E-state index in [0.717, 1.165) is 65.3 Å². The normalized spacial score (nSPS) is 14.6. The highest BCUT2D eigenvalue weighted by Gasteiger charge is 2.25. The van der Waals surface area contributed by atoms with Crippen molar-refractivity contribution in [3.63, 3.8) is 0 Å². The van der Waals surface area contributed by atoms with Gasteiger partial charge in [0, 0.05) is 37.2 Å². The van der Waals surface area contributed by atoms with Crippen molar-refractivity contribution in [1.29, 1.82) is 0 Å². The van der Waals surface area contributed by atoms with E-state index in [2.05, 4.69) is 56.2 Å². The number of carbonyl (C=O) groups excluding carboxylic acids is 1. The molecule has 0 bridgehead atoms. The Labute approximate surface area is 184 Å². The molecule has 1 amide bonds. The number of aromatic nitrogens is 2. The molecule has 0 atom stereocenters. The van der Waals surface area contributed by atoms with Crippen molar-refractivity contribution in [1.82, 2.24) is 14.7 Å². The lowest BCUT2D eigenvalue weighted by Gasteiger charge is -2.33. The molecule has 4 rings (SSSR count). The number of likely N-dealkylation sites (tertiary alicyclic amines) is 1. The van der Waals surface area contributed by atoms with Gasteiger partial charge >= 0.3 is 0 Å². The van der Waals surface area contributed by atoms with Gasteiger partial charge in [-0.15, -0.1) is 0 Å². The van der Waals surface area contributed by atoms with Crippen molar-refractivity contribution in [3.05, 3.63) is 82.2 Å². The smallest absolute Gasteiger partial charge is 0.253 e. The third kappa shape index (κ3) is 4.82. The minimum absolute atomic E-state index is 0.0979. The molecular weight excluding hydrogens is 386 g/mol. The second kappa shape index (κ2) is 8.96. The number of ether oxygens (including phenoxy) is 1. The highest BCUT2D eigenvalue weighted by atomic mass is 16.5. The van der Waals surface area contributed by atoms with Crippen LogP contribution < -0.4 is 4.74 Å². The van der Waals surface area contributed by atoms with Crippen molar-refractivity contribution >= 4 is 5.91 Å². The van der Waals surface area contributed by atoms with Gasteiger partial charge in [0.2, 0.25) is 0 Å². The quantitative estimate of drug-likeness (QED) is 0.596. The van der Waals surface area contributed by atoms with Gasteiger partial charge in [0.15, 0.2) is 0 Å². The third-order valence-electron chi connectivity index (χ3n) is 6.03. The van der Waals surface area contributed by atoms with E-state index in [1.165, 1.54) is 0 Å². The molecule has 0 spiro atoms. The number of piperidine rings is 1. The third-order valence-corrected chi connectivity index (χ3v) is 6.03. The standard InChI is InChI=1S/C26H31N3O2/c1-18-7-5-8-19(2)25(18)31-24-11-13-28(14-12-24)26(30)23-10-6-9-22(16-23)17-29-21(4)15-20(3)27-29/h5-10,15-16,24H,11-14,17H2,1-4H3. The fourth-order valence-corrected chi connectivity index (χ4v) is 4.32. The maximum atomic E-state index is 13.1. The number of nitrogens with zero attached hydrogens (tertiary/aromatic N) is 3. The van der Waals surface area contributed by atoms with Crippen LogP contribution in [0.25, 0.3) is 0 Å². The summed E-state index contributed by atoms with van der Waals surface area (Å²) < 4.78 is 8.28. The van der Waals surface area contributed by atoms with Crippen molar-refractivity contribution in [2.45, 2.75) is 53.2 Å². The van der Waals surface area contributed by atoms with Crippen LogP contribution in [0.1, 0.15) is 51.3 Å². The first-order chi connectivity index (χ1) is 14.9. The van der Waals surface area contributed by atoms with Gasteiger partial charge in [0.05, 0.1) is 12.2 Å². The molecule has 1 saturated heterocycles. The summed E-state index contributed by atoms with van der Waals surface area (Å²) in [4.78, 5) is 15.1. The molecule has 3 aromatic rings. The zero-order valence-corrected chi connectivity index (χ0v) is 18.9. The number of amides is 1. The Balaban J connectivity index is 1.38. The molecule has 5 heteroatoms. The van der Waals surface area contributed by atoms with Crippen molar-refractivity contribution in [2.75, 3.05) is 13.1 Å². The molecule has 0 saturated carbocycles. The lowest BCUT2D eigenvalue weighted by molar-refractivity contribution is 0.0593. The van der Waals surface area contributed by atoms with E-state index in [4.69, 9.17) is 4.74 Å². The summed E-state index contributed by atoms with van der Waals surface area (Å²) >= 11 is 0. The summed E-state index contributed by atoms with van der Waals surface area (Å²) in [5.74, 6) is 1.09. The van der Waals surface area contributed by atoms with Gasteiger partial charge in [0.1, 0.15) is 11.9 Å². The highest BCUT2D eigenvalue weighted by Crippen LogP contribution is 2.27. The molecule has 1 aliphatic rings. The van der Waals surface area contributed by atoms with Crippen LogP contribution in [0.5, 0.6) is 5.75 Å². The second-order valence-electron chi connectivity index (χ2n) is 8.62. The molecule has 5 nitrogen and oxygen atoms in total. The van der Waals surface area contributed by atoms with E-state index in [-0.39, 0.29) is 12.0 Å². The summed E-state index contributed by atoms with van der Waals surface area (Å²) in [7, 11) is 0. The average molecular weight is 418 g/mol.